The predicted molar refractivity (Wildman–Crippen MR) is 107 cm³/mol. The van der Waals surface area contributed by atoms with E-state index in [0.717, 1.165) is 43.6 Å². The Hall–Kier alpha value is -1.79. The molecule has 5 nitrogen and oxygen atoms in total. The fourth-order valence-corrected chi connectivity index (χ4v) is 4.17. The van der Waals surface area contributed by atoms with Crippen LogP contribution in [0, 0.1) is 13.8 Å². The van der Waals surface area contributed by atoms with Crippen LogP contribution in [-0.4, -0.2) is 63.2 Å². The van der Waals surface area contributed by atoms with Gasteiger partial charge in [0.05, 0.1) is 5.25 Å². The zero-order chi connectivity index (χ0) is 18.7. The third-order valence-corrected chi connectivity index (χ3v) is 6.20. The number of likely N-dealkylation sites (N-methyl/N-ethyl adjacent to an activating group) is 1. The van der Waals surface area contributed by atoms with Crippen molar-refractivity contribution in [3.63, 3.8) is 0 Å². The monoisotopic (exact) mass is 372 g/mol. The molecule has 1 amide bonds. The highest BCUT2D eigenvalue weighted by molar-refractivity contribution is 8.00. The quantitative estimate of drug-likeness (QED) is 0.756. The summed E-state index contributed by atoms with van der Waals surface area (Å²) in [6, 6.07) is 6.39. The maximum atomic E-state index is 12.8. The molecule has 1 fully saturated rings. The summed E-state index contributed by atoms with van der Waals surface area (Å²) >= 11 is 1.54. The van der Waals surface area contributed by atoms with Crippen LogP contribution in [0.15, 0.2) is 35.7 Å². The molecule has 1 atom stereocenters. The highest BCUT2D eigenvalue weighted by Crippen LogP contribution is 2.26. The molecule has 26 heavy (non-hydrogen) atoms. The van der Waals surface area contributed by atoms with Crippen LogP contribution in [0.25, 0.3) is 5.69 Å². The highest BCUT2D eigenvalue weighted by atomic mass is 32.2. The molecule has 2 aromatic rings. The number of benzene rings is 1. The zero-order valence-corrected chi connectivity index (χ0v) is 16.9. The maximum absolute atomic E-state index is 12.8. The fraction of sp³-hybridized carbons (Fsp3) is 0.500. The minimum absolute atomic E-state index is 0.143. The number of imidazole rings is 1. The standard InChI is InChI=1S/C20H28N4OS/c1-5-22-10-12-23(13-11-22)19(25)17(4)26-20-21-8-9-24(20)18-7-6-15(2)16(3)14-18/h6-9,14,17H,5,10-13H2,1-4H3. The number of rotatable bonds is 5. The first-order chi connectivity index (χ1) is 12.5. The Kier molecular flexibility index (Phi) is 6.04. The molecule has 1 saturated heterocycles. The van der Waals surface area contributed by atoms with Gasteiger partial charge in [-0.15, -0.1) is 0 Å². The van der Waals surface area contributed by atoms with Crippen molar-refractivity contribution in [3.05, 3.63) is 41.7 Å². The number of thioether (sulfide) groups is 1. The molecule has 1 aliphatic rings. The number of amides is 1. The van der Waals surface area contributed by atoms with E-state index in [1.165, 1.54) is 22.9 Å². The number of piperazine rings is 1. The van der Waals surface area contributed by atoms with Crippen LogP contribution in [0.2, 0.25) is 0 Å². The summed E-state index contributed by atoms with van der Waals surface area (Å²) in [6.07, 6.45) is 3.76. The minimum atomic E-state index is -0.143. The number of nitrogens with zero attached hydrogens (tertiary/aromatic N) is 4. The molecular weight excluding hydrogens is 344 g/mol. The molecular formula is C20H28N4OS. The Balaban J connectivity index is 1.68. The summed E-state index contributed by atoms with van der Waals surface area (Å²) in [7, 11) is 0. The van der Waals surface area contributed by atoms with E-state index in [0.29, 0.717) is 0 Å². The van der Waals surface area contributed by atoms with Crippen LogP contribution >= 0.6 is 11.8 Å². The van der Waals surface area contributed by atoms with E-state index in [2.05, 4.69) is 53.4 Å². The van der Waals surface area contributed by atoms with Crippen LogP contribution in [0.3, 0.4) is 0 Å². The summed E-state index contributed by atoms with van der Waals surface area (Å²) < 4.78 is 2.07. The average molecular weight is 373 g/mol. The van der Waals surface area contributed by atoms with Gasteiger partial charge in [0, 0.05) is 44.3 Å². The summed E-state index contributed by atoms with van der Waals surface area (Å²) in [5.74, 6) is 0.209. The van der Waals surface area contributed by atoms with Crippen molar-refractivity contribution in [2.45, 2.75) is 38.1 Å². The lowest BCUT2D eigenvalue weighted by Gasteiger charge is -2.35. The van der Waals surface area contributed by atoms with Crippen molar-refractivity contribution >= 4 is 17.7 Å². The van der Waals surface area contributed by atoms with E-state index in [1.807, 2.05) is 18.0 Å². The SMILES string of the molecule is CCN1CCN(C(=O)C(C)Sc2nccn2-c2ccc(C)c(C)c2)CC1. The summed E-state index contributed by atoms with van der Waals surface area (Å²) in [5.41, 5.74) is 3.62. The number of hydrogen-bond acceptors (Lipinski definition) is 4. The van der Waals surface area contributed by atoms with E-state index in [-0.39, 0.29) is 11.2 Å². The number of carbonyl (C=O) groups excluding carboxylic acids is 1. The lowest BCUT2D eigenvalue weighted by molar-refractivity contribution is -0.132. The molecule has 0 aliphatic carbocycles. The third kappa shape index (κ3) is 4.13. The Bertz CT molecular complexity index is 765. The molecule has 3 rings (SSSR count). The normalized spacial score (nSPS) is 16.7. The van der Waals surface area contributed by atoms with Crippen molar-refractivity contribution in [3.8, 4) is 5.69 Å². The molecule has 140 valence electrons. The number of carbonyl (C=O) groups is 1. The topological polar surface area (TPSA) is 41.4 Å². The molecule has 0 bridgehead atoms. The summed E-state index contributed by atoms with van der Waals surface area (Å²) in [5, 5.41) is 0.720. The van der Waals surface area contributed by atoms with Gasteiger partial charge < -0.3 is 9.80 Å². The molecule has 0 saturated carbocycles. The second-order valence-electron chi connectivity index (χ2n) is 6.87. The molecule has 1 aromatic heterocycles. The van der Waals surface area contributed by atoms with E-state index in [4.69, 9.17) is 0 Å². The molecule has 2 heterocycles. The molecule has 1 aromatic carbocycles. The number of aromatic nitrogens is 2. The van der Waals surface area contributed by atoms with Crippen LogP contribution in [0.5, 0.6) is 0 Å². The fourth-order valence-electron chi connectivity index (χ4n) is 3.20. The van der Waals surface area contributed by atoms with Gasteiger partial charge in [-0.05, 0) is 50.6 Å². The minimum Gasteiger partial charge on any atom is -0.339 e. The smallest absolute Gasteiger partial charge is 0.235 e. The molecule has 6 heteroatoms. The van der Waals surface area contributed by atoms with Gasteiger partial charge in [0.25, 0.3) is 0 Å². The third-order valence-electron chi connectivity index (χ3n) is 5.14. The van der Waals surface area contributed by atoms with Gasteiger partial charge in [-0.3, -0.25) is 9.36 Å². The van der Waals surface area contributed by atoms with Crippen LogP contribution in [0.1, 0.15) is 25.0 Å². The van der Waals surface area contributed by atoms with Crippen LogP contribution in [-0.2, 0) is 4.79 Å². The highest BCUT2D eigenvalue weighted by Gasteiger charge is 2.26. The van der Waals surface area contributed by atoms with Crippen LogP contribution in [0.4, 0.5) is 0 Å². The molecule has 0 radical (unpaired) electrons. The van der Waals surface area contributed by atoms with E-state index < -0.39 is 0 Å². The maximum Gasteiger partial charge on any atom is 0.235 e. The molecule has 1 unspecified atom stereocenters. The van der Waals surface area contributed by atoms with Crippen molar-refractivity contribution < 1.29 is 4.79 Å². The Morgan fingerprint density at radius 3 is 2.58 bits per heavy atom. The second kappa shape index (κ2) is 8.27. The summed E-state index contributed by atoms with van der Waals surface area (Å²) in [4.78, 5) is 21.7. The lowest BCUT2D eigenvalue weighted by Crippen LogP contribution is -2.50. The average Bonchev–Trinajstić information content (AvgIpc) is 3.11. The van der Waals surface area contributed by atoms with Crippen molar-refractivity contribution in [1.29, 1.82) is 0 Å². The first-order valence-electron chi connectivity index (χ1n) is 9.28. The van der Waals surface area contributed by atoms with Gasteiger partial charge in [-0.25, -0.2) is 4.98 Å². The van der Waals surface area contributed by atoms with Gasteiger partial charge >= 0.3 is 0 Å². The van der Waals surface area contributed by atoms with Crippen molar-refractivity contribution in [1.82, 2.24) is 19.4 Å². The first-order valence-corrected chi connectivity index (χ1v) is 10.2. The van der Waals surface area contributed by atoms with Gasteiger partial charge in [-0.2, -0.15) is 0 Å². The second-order valence-corrected chi connectivity index (χ2v) is 8.18. The molecule has 0 N–H and O–H groups in total. The zero-order valence-electron chi connectivity index (χ0n) is 16.1. The Morgan fingerprint density at radius 1 is 1.19 bits per heavy atom. The summed E-state index contributed by atoms with van der Waals surface area (Å²) in [6.45, 7) is 13.0. The number of aryl methyl sites for hydroxylation is 2. The Labute approximate surface area is 160 Å². The molecule has 0 spiro atoms. The van der Waals surface area contributed by atoms with Gasteiger partial charge in [-0.1, -0.05) is 24.8 Å². The first kappa shape index (κ1) is 19.0. The lowest BCUT2D eigenvalue weighted by atomic mass is 10.1. The van der Waals surface area contributed by atoms with Gasteiger partial charge in [0.2, 0.25) is 5.91 Å². The van der Waals surface area contributed by atoms with Gasteiger partial charge in [0.15, 0.2) is 5.16 Å². The largest absolute Gasteiger partial charge is 0.339 e. The predicted octanol–water partition coefficient (Wildman–Crippen LogP) is 3.13. The van der Waals surface area contributed by atoms with E-state index in [9.17, 15) is 4.79 Å². The van der Waals surface area contributed by atoms with Gasteiger partial charge in [0.1, 0.15) is 0 Å². The Morgan fingerprint density at radius 2 is 1.92 bits per heavy atom. The van der Waals surface area contributed by atoms with Crippen molar-refractivity contribution in [2.24, 2.45) is 0 Å². The molecule has 1 aliphatic heterocycles. The van der Waals surface area contributed by atoms with Crippen LogP contribution < -0.4 is 0 Å². The van der Waals surface area contributed by atoms with E-state index >= 15 is 0 Å². The van der Waals surface area contributed by atoms with E-state index in [1.54, 1.807) is 6.20 Å². The number of hydrogen-bond donors (Lipinski definition) is 0. The van der Waals surface area contributed by atoms with Crippen molar-refractivity contribution in [2.75, 3.05) is 32.7 Å².